The zero-order chi connectivity index (χ0) is 13.1. The van der Waals surface area contributed by atoms with Crippen LogP contribution >= 0.6 is 0 Å². The highest BCUT2D eigenvalue weighted by Gasteiger charge is 2.56. The first-order chi connectivity index (χ1) is 8.41. The van der Waals surface area contributed by atoms with Crippen LogP contribution in [0.5, 0.6) is 0 Å². The monoisotopic (exact) mass is 247 g/mol. The molecule has 1 aromatic carbocycles. The van der Waals surface area contributed by atoms with Crippen molar-refractivity contribution in [2.45, 2.75) is 45.8 Å². The number of hydrogen-bond acceptors (Lipinski definition) is 2. The van der Waals surface area contributed by atoms with E-state index in [1.54, 1.807) is 6.07 Å². The number of fused-ring (bicyclic) bond motifs is 1. The molecule has 3 heteroatoms. The molecule has 3 rings (SSSR count). The van der Waals surface area contributed by atoms with Crippen LogP contribution in [0, 0.1) is 25.6 Å². The second kappa shape index (κ2) is 3.56. The maximum Gasteiger partial charge on any atom is 0.181 e. The first-order valence-electron chi connectivity index (χ1n) is 6.42. The van der Waals surface area contributed by atoms with Crippen LogP contribution in [-0.2, 0) is 10.3 Å². The Morgan fingerprint density at radius 3 is 2.78 bits per heavy atom. The summed E-state index contributed by atoms with van der Waals surface area (Å²) in [4.78, 5) is 4.68. The van der Waals surface area contributed by atoms with E-state index in [1.165, 1.54) is 0 Å². The molecular formula is C15H18FNO. The summed E-state index contributed by atoms with van der Waals surface area (Å²) in [6.45, 7) is 7.75. The van der Waals surface area contributed by atoms with Crippen molar-refractivity contribution in [1.82, 2.24) is 0 Å². The van der Waals surface area contributed by atoms with Crippen molar-refractivity contribution >= 4 is 5.90 Å². The predicted molar refractivity (Wildman–Crippen MR) is 69.3 cm³/mol. The van der Waals surface area contributed by atoms with Gasteiger partial charge in [-0.05, 0) is 49.9 Å². The third kappa shape index (κ3) is 1.57. The van der Waals surface area contributed by atoms with Crippen molar-refractivity contribution in [3.8, 4) is 0 Å². The SMILES string of the molecule is CC1=N[C@](C)(c2cc(C)cc(F)c2C)C2CC2O1. The van der Waals surface area contributed by atoms with E-state index >= 15 is 0 Å². The van der Waals surface area contributed by atoms with E-state index in [1.807, 2.05) is 20.8 Å². The molecule has 1 aromatic rings. The summed E-state index contributed by atoms with van der Waals surface area (Å²) in [5.74, 6) is 0.974. The number of halogens is 1. The Morgan fingerprint density at radius 1 is 1.33 bits per heavy atom. The van der Waals surface area contributed by atoms with Crippen molar-refractivity contribution in [3.05, 3.63) is 34.6 Å². The molecule has 3 atom stereocenters. The van der Waals surface area contributed by atoms with Gasteiger partial charge in [-0.15, -0.1) is 0 Å². The number of aryl methyl sites for hydroxylation is 1. The smallest absolute Gasteiger partial charge is 0.181 e. The molecule has 2 unspecified atom stereocenters. The molecular weight excluding hydrogens is 229 g/mol. The quantitative estimate of drug-likeness (QED) is 0.744. The molecule has 0 amide bonds. The highest BCUT2D eigenvalue weighted by Crippen LogP contribution is 2.53. The molecule has 1 aliphatic heterocycles. The van der Waals surface area contributed by atoms with Gasteiger partial charge >= 0.3 is 0 Å². The average Bonchev–Trinajstić information content (AvgIpc) is 3.02. The summed E-state index contributed by atoms with van der Waals surface area (Å²) in [7, 11) is 0. The van der Waals surface area contributed by atoms with Crippen LogP contribution < -0.4 is 0 Å². The first-order valence-corrected chi connectivity index (χ1v) is 6.42. The van der Waals surface area contributed by atoms with Crippen molar-refractivity contribution < 1.29 is 9.13 Å². The summed E-state index contributed by atoms with van der Waals surface area (Å²) in [5, 5.41) is 0. The molecule has 96 valence electrons. The fourth-order valence-corrected chi connectivity index (χ4v) is 3.15. The lowest BCUT2D eigenvalue weighted by molar-refractivity contribution is 0.205. The lowest BCUT2D eigenvalue weighted by atomic mass is 9.83. The normalized spacial score (nSPS) is 33.5. The highest BCUT2D eigenvalue weighted by atomic mass is 19.1. The van der Waals surface area contributed by atoms with Crippen LogP contribution in [0.3, 0.4) is 0 Å². The molecule has 0 radical (unpaired) electrons. The lowest BCUT2D eigenvalue weighted by Gasteiger charge is -2.32. The summed E-state index contributed by atoms with van der Waals surface area (Å²) < 4.78 is 19.6. The van der Waals surface area contributed by atoms with Gasteiger partial charge in [-0.2, -0.15) is 0 Å². The van der Waals surface area contributed by atoms with E-state index in [4.69, 9.17) is 4.74 Å². The van der Waals surface area contributed by atoms with Crippen LogP contribution in [0.25, 0.3) is 0 Å². The molecule has 0 aromatic heterocycles. The summed E-state index contributed by atoms with van der Waals surface area (Å²) in [6, 6.07) is 3.65. The Hall–Kier alpha value is -1.38. The number of hydrogen-bond donors (Lipinski definition) is 0. The minimum atomic E-state index is -0.329. The Bertz CT molecular complexity index is 552. The summed E-state index contributed by atoms with van der Waals surface area (Å²) >= 11 is 0. The number of nitrogens with zero attached hydrogens (tertiary/aromatic N) is 1. The second-order valence-electron chi connectivity index (χ2n) is 5.70. The van der Waals surface area contributed by atoms with Crippen molar-refractivity contribution in [3.63, 3.8) is 0 Å². The summed E-state index contributed by atoms with van der Waals surface area (Å²) in [5.41, 5.74) is 2.34. The van der Waals surface area contributed by atoms with Gasteiger partial charge in [0.1, 0.15) is 11.9 Å². The highest BCUT2D eigenvalue weighted by molar-refractivity contribution is 5.75. The maximum absolute atomic E-state index is 13.9. The Balaban J connectivity index is 2.17. The average molecular weight is 247 g/mol. The standard InChI is InChI=1S/C15H18FNO/c1-8-5-11(9(2)13(16)6-8)15(4)12-7-14(12)18-10(3)17-15/h5-6,12,14H,7H2,1-4H3/t12?,14?,15-/m1/s1. The Morgan fingerprint density at radius 2 is 2.06 bits per heavy atom. The van der Waals surface area contributed by atoms with Gasteiger partial charge in [-0.3, -0.25) is 0 Å². The van der Waals surface area contributed by atoms with Crippen LogP contribution in [0.2, 0.25) is 0 Å². The van der Waals surface area contributed by atoms with E-state index in [0.29, 0.717) is 11.5 Å². The van der Waals surface area contributed by atoms with Crippen molar-refractivity contribution in [2.24, 2.45) is 10.9 Å². The molecule has 1 saturated carbocycles. The van der Waals surface area contributed by atoms with Crippen LogP contribution in [0.15, 0.2) is 17.1 Å². The van der Waals surface area contributed by atoms with Gasteiger partial charge in [0.2, 0.25) is 0 Å². The zero-order valence-electron chi connectivity index (χ0n) is 11.2. The largest absolute Gasteiger partial charge is 0.478 e. The number of rotatable bonds is 1. The minimum absolute atomic E-state index is 0.136. The molecule has 1 heterocycles. The van der Waals surface area contributed by atoms with Crippen molar-refractivity contribution in [2.75, 3.05) is 0 Å². The molecule has 2 aliphatic rings. The molecule has 0 saturated heterocycles. The molecule has 0 bridgehead atoms. The number of ether oxygens (including phenoxy) is 1. The third-order valence-electron chi connectivity index (χ3n) is 4.20. The third-order valence-corrected chi connectivity index (χ3v) is 4.20. The van der Waals surface area contributed by atoms with Crippen LogP contribution in [-0.4, -0.2) is 12.0 Å². The molecule has 1 aliphatic carbocycles. The van der Waals surface area contributed by atoms with Crippen LogP contribution in [0.4, 0.5) is 4.39 Å². The van der Waals surface area contributed by atoms with Gasteiger partial charge in [0, 0.05) is 12.8 Å². The van der Waals surface area contributed by atoms with Gasteiger partial charge in [0.15, 0.2) is 5.90 Å². The fourth-order valence-electron chi connectivity index (χ4n) is 3.15. The maximum atomic E-state index is 13.9. The van der Waals surface area contributed by atoms with E-state index in [-0.39, 0.29) is 17.5 Å². The van der Waals surface area contributed by atoms with E-state index < -0.39 is 0 Å². The van der Waals surface area contributed by atoms with Gasteiger partial charge < -0.3 is 4.74 Å². The van der Waals surface area contributed by atoms with Gasteiger partial charge in [-0.25, -0.2) is 9.38 Å². The first kappa shape index (κ1) is 11.7. The lowest BCUT2D eigenvalue weighted by Crippen LogP contribution is -2.31. The molecule has 0 spiro atoms. The second-order valence-corrected chi connectivity index (χ2v) is 5.70. The zero-order valence-corrected chi connectivity index (χ0v) is 11.2. The molecule has 18 heavy (non-hydrogen) atoms. The Labute approximate surface area is 107 Å². The molecule has 0 N–H and O–H groups in total. The number of aliphatic imine (C=N–C) groups is 1. The van der Waals surface area contributed by atoms with Gasteiger partial charge in [0.25, 0.3) is 0 Å². The topological polar surface area (TPSA) is 21.6 Å². The molecule has 1 fully saturated rings. The predicted octanol–water partition coefficient (Wildman–Crippen LogP) is 3.49. The van der Waals surface area contributed by atoms with Crippen molar-refractivity contribution in [1.29, 1.82) is 0 Å². The van der Waals surface area contributed by atoms with E-state index in [2.05, 4.69) is 18.0 Å². The van der Waals surface area contributed by atoms with E-state index in [9.17, 15) is 4.39 Å². The molecule has 2 nitrogen and oxygen atoms in total. The fraction of sp³-hybridized carbons (Fsp3) is 0.533. The summed E-state index contributed by atoms with van der Waals surface area (Å²) in [6.07, 6.45) is 1.29. The van der Waals surface area contributed by atoms with E-state index in [0.717, 1.165) is 23.4 Å². The minimum Gasteiger partial charge on any atom is -0.478 e. The number of benzene rings is 1. The van der Waals surface area contributed by atoms with Crippen LogP contribution in [0.1, 0.15) is 37.0 Å². The van der Waals surface area contributed by atoms with Gasteiger partial charge in [-0.1, -0.05) is 6.07 Å². The Kier molecular flexibility index (Phi) is 2.31. The van der Waals surface area contributed by atoms with Gasteiger partial charge in [0.05, 0.1) is 5.54 Å².